The van der Waals surface area contributed by atoms with Gasteiger partial charge in [-0.3, -0.25) is 0 Å². The fraction of sp³-hybridized carbons (Fsp3) is 0.875. The van der Waals surface area contributed by atoms with Gasteiger partial charge >= 0.3 is 0 Å². The van der Waals surface area contributed by atoms with E-state index in [9.17, 15) is 0 Å². The summed E-state index contributed by atoms with van der Waals surface area (Å²) in [5, 5.41) is 3.59. The van der Waals surface area contributed by atoms with Crippen LogP contribution in [0.4, 0.5) is 0 Å². The summed E-state index contributed by atoms with van der Waals surface area (Å²) in [7, 11) is 2.14. The molecule has 0 radical (unpaired) electrons. The summed E-state index contributed by atoms with van der Waals surface area (Å²) in [6, 6.07) is 0.642. The summed E-state index contributed by atoms with van der Waals surface area (Å²) in [4.78, 5) is 0. The smallest absolute Gasteiger partial charge is 0.0248 e. The van der Waals surface area contributed by atoms with Crippen LogP contribution in [0.2, 0.25) is 0 Å². The molecule has 0 amide bonds. The van der Waals surface area contributed by atoms with Crippen molar-refractivity contribution in [3.05, 3.63) is 0 Å². The SMILES string of the molecule is CC#CCC(NC)C12CC3CC(CC(C3)C1)C2. The monoisotopic (exact) mass is 231 g/mol. The Kier molecular flexibility index (Phi) is 2.95. The first kappa shape index (κ1) is 11.6. The van der Waals surface area contributed by atoms with Gasteiger partial charge < -0.3 is 5.32 Å². The molecule has 0 aliphatic heterocycles. The minimum Gasteiger partial charge on any atom is -0.315 e. The topological polar surface area (TPSA) is 12.0 Å². The lowest BCUT2D eigenvalue weighted by molar-refractivity contribution is -0.0716. The highest BCUT2D eigenvalue weighted by Crippen LogP contribution is 2.61. The Labute approximate surface area is 106 Å². The molecule has 0 heterocycles. The second-order valence-corrected chi connectivity index (χ2v) is 6.75. The third kappa shape index (κ3) is 1.91. The summed E-state index contributed by atoms with van der Waals surface area (Å²) in [6.07, 6.45) is 10.1. The van der Waals surface area contributed by atoms with Crippen molar-refractivity contribution < 1.29 is 0 Å². The van der Waals surface area contributed by atoms with Gasteiger partial charge in [-0.25, -0.2) is 0 Å². The Hall–Kier alpha value is -0.480. The summed E-state index contributed by atoms with van der Waals surface area (Å²) in [5.41, 5.74) is 0.605. The number of rotatable bonds is 3. The van der Waals surface area contributed by atoms with E-state index in [1.807, 2.05) is 6.92 Å². The largest absolute Gasteiger partial charge is 0.315 e. The molecule has 1 atom stereocenters. The van der Waals surface area contributed by atoms with Crippen molar-refractivity contribution in [2.75, 3.05) is 7.05 Å². The highest BCUT2D eigenvalue weighted by Gasteiger charge is 2.53. The second-order valence-electron chi connectivity index (χ2n) is 6.75. The van der Waals surface area contributed by atoms with E-state index >= 15 is 0 Å². The fourth-order valence-electron chi connectivity index (χ4n) is 5.43. The molecule has 4 aliphatic carbocycles. The summed E-state index contributed by atoms with van der Waals surface area (Å²) >= 11 is 0. The average Bonchev–Trinajstić information content (AvgIpc) is 2.27. The molecule has 1 N–H and O–H groups in total. The van der Waals surface area contributed by atoms with E-state index in [2.05, 4.69) is 24.2 Å². The van der Waals surface area contributed by atoms with Gasteiger partial charge in [-0.1, -0.05) is 0 Å². The zero-order valence-corrected chi connectivity index (χ0v) is 11.3. The molecular formula is C16H25N. The molecule has 4 bridgehead atoms. The summed E-state index contributed by atoms with van der Waals surface area (Å²) in [5.74, 6) is 9.53. The molecule has 1 heteroatoms. The van der Waals surface area contributed by atoms with E-state index in [4.69, 9.17) is 0 Å². The molecule has 1 unspecified atom stereocenters. The van der Waals surface area contributed by atoms with E-state index in [0.717, 1.165) is 24.2 Å². The maximum absolute atomic E-state index is 3.59. The Morgan fingerprint density at radius 1 is 1.12 bits per heavy atom. The van der Waals surface area contributed by atoms with Crippen molar-refractivity contribution in [2.24, 2.45) is 23.2 Å². The van der Waals surface area contributed by atoms with Gasteiger partial charge in [0.25, 0.3) is 0 Å². The van der Waals surface area contributed by atoms with Gasteiger partial charge in [0, 0.05) is 12.5 Å². The molecule has 0 spiro atoms. The van der Waals surface area contributed by atoms with Crippen LogP contribution >= 0.6 is 0 Å². The minimum absolute atomic E-state index is 0.605. The minimum atomic E-state index is 0.605. The van der Waals surface area contributed by atoms with Crippen molar-refractivity contribution in [2.45, 2.75) is 57.9 Å². The van der Waals surface area contributed by atoms with Crippen LogP contribution in [0.1, 0.15) is 51.9 Å². The van der Waals surface area contributed by atoms with Gasteiger partial charge in [-0.05, 0) is 75.7 Å². The second kappa shape index (κ2) is 4.32. The average molecular weight is 231 g/mol. The van der Waals surface area contributed by atoms with Crippen molar-refractivity contribution in [1.82, 2.24) is 5.32 Å². The van der Waals surface area contributed by atoms with E-state index in [-0.39, 0.29) is 0 Å². The predicted octanol–water partition coefficient (Wildman–Crippen LogP) is 3.20. The Bertz CT molecular complexity index is 311. The Morgan fingerprint density at radius 3 is 2.06 bits per heavy atom. The normalized spacial score (nSPS) is 44.2. The van der Waals surface area contributed by atoms with Crippen LogP contribution in [0, 0.1) is 35.0 Å². The van der Waals surface area contributed by atoms with E-state index in [1.165, 1.54) is 38.5 Å². The van der Waals surface area contributed by atoms with Gasteiger partial charge in [0.1, 0.15) is 0 Å². The maximum Gasteiger partial charge on any atom is 0.0248 e. The molecular weight excluding hydrogens is 206 g/mol. The third-order valence-electron chi connectivity index (χ3n) is 5.66. The molecule has 0 aromatic rings. The van der Waals surface area contributed by atoms with Crippen LogP contribution in [-0.4, -0.2) is 13.1 Å². The van der Waals surface area contributed by atoms with Crippen LogP contribution in [0.5, 0.6) is 0 Å². The summed E-state index contributed by atoms with van der Waals surface area (Å²) < 4.78 is 0. The first-order valence-corrected chi connectivity index (χ1v) is 7.32. The van der Waals surface area contributed by atoms with E-state index in [1.54, 1.807) is 0 Å². The third-order valence-corrected chi connectivity index (χ3v) is 5.66. The standard InChI is InChI=1S/C16H25N/c1-3-4-5-15(17-2)16-9-12-6-13(10-16)8-14(7-12)11-16/h12-15,17H,5-11H2,1-2H3. The molecule has 4 fully saturated rings. The molecule has 4 rings (SSSR count). The highest BCUT2D eigenvalue weighted by molar-refractivity contribution is 5.09. The van der Waals surface area contributed by atoms with Gasteiger partial charge in [0.2, 0.25) is 0 Å². The van der Waals surface area contributed by atoms with E-state index < -0.39 is 0 Å². The molecule has 0 aromatic carbocycles. The lowest BCUT2D eigenvalue weighted by Crippen LogP contribution is -2.55. The first-order chi connectivity index (χ1) is 8.25. The summed E-state index contributed by atoms with van der Waals surface area (Å²) in [6.45, 7) is 1.96. The van der Waals surface area contributed by atoms with Crippen molar-refractivity contribution in [3.8, 4) is 11.8 Å². The van der Waals surface area contributed by atoms with Crippen LogP contribution < -0.4 is 5.32 Å². The lowest BCUT2D eigenvalue weighted by atomic mass is 9.47. The van der Waals surface area contributed by atoms with Crippen LogP contribution in [0.15, 0.2) is 0 Å². The fourth-order valence-corrected chi connectivity index (χ4v) is 5.43. The van der Waals surface area contributed by atoms with Gasteiger partial charge in [-0.15, -0.1) is 11.8 Å². The highest BCUT2D eigenvalue weighted by atomic mass is 14.9. The number of hydrogen-bond acceptors (Lipinski definition) is 1. The maximum atomic E-state index is 3.59. The van der Waals surface area contributed by atoms with Crippen molar-refractivity contribution in [3.63, 3.8) is 0 Å². The zero-order valence-electron chi connectivity index (χ0n) is 11.3. The molecule has 4 saturated carbocycles. The quantitative estimate of drug-likeness (QED) is 0.736. The molecule has 1 nitrogen and oxygen atoms in total. The number of nitrogens with one attached hydrogen (secondary N) is 1. The molecule has 94 valence electrons. The van der Waals surface area contributed by atoms with Gasteiger partial charge in [-0.2, -0.15) is 0 Å². The van der Waals surface area contributed by atoms with Crippen molar-refractivity contribution in [1.29, 1.82) is 0 Å². The van der Waals surface area contributed by atoms with Crippen LogP contribution in [-0.2, 0) is 0 Å². The molecule has 0 aromatic heterocycles. The van der Waals surface area contributed by atoms with Gasteiger partial charge in [0.15, 0.2) is 0 Å². The zero-order chi connectivity index (χ0) is 11.9. The lowest BCUT2D eigenvalue weighted by Gasteiger charge is -2.59. The first-order valence-electron chi connectivity index (χ1n) is 7.32. The molecule has 0 saturated heterocycles. The number of hydrogen-bond donors (Lipinski definition) is 1. The Balaban J connectivity index is 1.81. The molecule has 4 aliphatic rings. The van der Waals surface area contributed by atoms with Gasteiger partial charge in [0.05, 0.1) is 0 Å². The van der Waals surface area contributed by atoms with Crippen LogP contribution in [0.25, 0.3) is 0 Å². The van der Waals surface area contributed by atoms with E-state index in [0.29, 0.717) is 11.5 Å². The van der Waals surface area contributed by atoms with Crippen LogP contribution in [0.3, 0.4) is 0 Å². The molecule has 17 heavy (non-hydrogen) atoms. The van der Waals surface area contributed by atoms with Crippen molar-refractivity contribution >= 4 is 0 Å². The Morgan fingerprint density at radius 2 is 1.65 bits per heavy atom. The predicted molar refractivity (Wildman–Crippen MR) is 71.5 cm³/mol.